The first-order valence-corrected chi connectivity index (χ1v) is 12.4. The highest BCUT2D eigenvalue weighted by molar-refractivity contribution is 7.98. The van der Waals surface area contributed by atoms with Gasteiger partial charge in [-0.15, -0.1) is 0 Å². The summed E-state index contributed by atoms with van der Waals surface area (Å²) in [6, 6.07) is 15.8. The van der Waals surface area contributed by atoms with Gasteiger partial charge in [0.15, 0.2) is 0 Å². The van der Waals surface area contributed by atoms with Gasteiger partial charge in [0.05, 0.1) is 11.9 Å². The maximum Gasteiger partial charge on any atom is 0.243 e. The number of anilines is 1. The number of halogens is 1. The number of amides is 1. The topological polar surface area (TPSA) is 66.5 Å². The molecular formula is C20H25ClN2O3S2. The molecule has 1 atom stereocenters. The average Bonchev–Trinajstić information content (AvgIpc) is 2.65. The van der Waals surface area contributed by atoms with Gasteiger partial charge in [0.2, 0.25) is 15.9 Å². The van der Waals surface area contributed by atoms with Crippen molar-refractivity contribution >= 4 is 45.0 Å². The predicted molar refractivity (Wildman–Crippen MR) is 118 cm³/mol. The molecule has 0 heterocycles. The first kappa shape index (κ1) is 22.6. The number of rotatable bonds is 10. The van der Waals surface area contributed by atoms with Crippen LogP contribution in [0.3, 0.4) is 0 Å². The maximum absolute atomic E-state index is 12.7. The van der Waals surface area contributed by atoms with Crippen LogP contribution in [0.5, 0.6) is 0 Å². The third kappa shape index (κ3) is 6.72. The third-order valence-corrected chi connectivity index (χ3v) is 6.49. The Kier molecular flexibility index (Phi) is 8.66. The summed E-state index contributed by atoms with van der Waals surface area (Å²) in [5, 5.41) is 3.27. The second-order valence-electron chi connectivity index (χ2n) is 6.29. The molecule has 8 heteroatoms. The Morgan fingerprint density at radius 2 is 1.89 bits per heavy atom. The van der Waals surface area contributed by atoms with Gasteiger partial charge in [0, 0.05) is 23.1 Å². The second kappa shape index (κ2) is 10.7. The van der Waals surface area contributed by atoms with Crippen LogP contribution in [0.15, 0.2) is 54.6 Å². The van der Waals surface area contributed by atoms with Crippen LogP contribution in [0.25, 0.3) is 0 Å². The molecule has 28 heavy (non-hydrogen) atoms. The number of nitrogens with zero attached hydrogens (tertiary/aromatic N) is 1. The van der Waals surface area contributed by atoms with E-state index in [9.17, 15) is 13.2 Å². The van der Waals surface area contributed by atoms with E-state index in [1.54, 1.807) is 43.0 Å². The quantitative estimate of drug-likeness (QED) is 0.568. The number of carbonyl (C=O) groups excluding carboxylic acids is 1. The minimum atomic E-state index is -3.65. The van der Waals surface area contributed by atoms with Crippen LogP contribution in [0, 0.1) is 0 Å². The normalized spacial score (nSPS) is 12.4. The molecule has 0 spiro atoms. The first-order valence-electron chi connectivity index (χ1n) is 8.97. The molecule has 0 aliphatic heterocycles. The fourth-order valence-electron chi connectivity index (χ4n) is 2.80. The molecule has 2 aromatic rings. The zero-order valence-corrected chi connectivity index (χ0v) is 18.4. The molecular weight excluding hydrogens is 416 g/mol. The SMILES string of the molecule is CC[C@H](C(=O)NCCSCc1ccccc1)N(c1cccc(Cl)c1)S(C)(=O)=O. The Hall–Kier alpha value is -1.70. The van der Waals surface area contributed by atoms with Crippen molar-refractivity contribution in [2.24, 2.45) is 0 Å². The molecule has 152 valence electrons. The molecule has 0 aliphatic rings. The summed E-state index contributed by atoms with van der Waals surface area (Å²) in [4.78, 5) is 12.7. The van der Waals surface area contributed by atoms with Crippen LogP contribution in [-0.2, 0) is 20.6 Å². The summed E-state index contributed by atoms with van der Waals surface area (Å²) < 4.78 is 25.9. The van der Waals surface area contributed by atoms with Gasteiger partial charge >= 0.3 is 0 Å². The van der Waals surface area contributed by atoms with E-state index >= 15 is 0 Å². The molecule has 1 N–H and O–H groups in total. The van der Waals surface area contributed by atoms with Crippen LogP contribution in [0.2, 0.25) is 5.02 Å². The largest absolute Gasteiger partial charge is 0.353 e. The van der Waals surface area contributed by atoms with E-state index in [1.165, 1.54) is 5.56 Å². The lowest BCUT2D eigenvalue weighted by Gasteiger charge is -2.30. The van der Waals surface area contributed by atoms with Gasteiger partial charge < -0.3 is 5.32 Å². The van der Waals surface area contributed by atoms with Crippen molar-refractivity contribution < 1.29 is 13.2 Å². The Bertz CT molecular complexity index is 876. The standard InChI is InChI=1S/C20H25ClN2O3S2/c1-3-19(23(28(2,25)26)18-11-7-10-17(21)14-18)20(24)22-12-13-27-15-16-8-5-4-6-9-16/h4-11,14,19H,3,12-13,15H2,1-2H3,(H,22,24)/t19-/m1/s1. The van der Waals surface area contributed by atoms with E-state index in [0.29, 0.717) is 23.7 Å². The summed E-state index contributed by atoms with van der Waals surface area (Å²) in [5.41, 5.74) is 1.62. The van der Waals surface area contributed by atoms with Gasteiger partial charge in [-0.25, -0.2) is 8.42 Å². The van der Waals surface area contributed by atoms with Crippen molar-refractivity contribution in [1.82, 2.24) is 5.32 Å². The fourth-order valence-corrected chi connectivity index (χ4v) is 5.01. The molecule has 0 saturated heterocycles. The van der Waals surface area contributed by atoms with Crippen molar-refractivity contribution in [1.29, 1.82) is 0 Å². The van der Waals surface area contributed by atoms with E-state index in [1.807, 2.05) is 18.2 Å². The molecule has 0 radical (unpaired) electrons. The zero-order valence-electron chi connectivity index (χ0n) is 16.0. The van der Waals surface area contributed by atoms with Crippen molar-refractivity contribution in [3.8, 4) is 0 Å². The molecule has 2 rings (SSSR count). The summed E-state index contributed by atoms with van der Waals surface area (Å²) in [7, 11) is -3.65. The third-order valence-electron chi connectivity index (χ3n) is 4.05. The van der Waals surface area contributed by atoms with Crippen molar-refractivity contribution in [3.05, 3.63) is 65.2 Å². The summed E-state index contributed by atoms with van der Waals surface area (Å²) in [6.07, 6.45) is 1.45. The summed E-state index contributed by atoms with van der Waals surface area (Å²) in [5.74, 6) is 1.30. The molecule has 0 unspecified atom stereocenters. The lowest BCUT2D eigenvalue weighted by molar-refractivity contribution is -0.122. The van der Waals surface area contributed by atoms with Crippen LogP contribution < -0.4 is 9.62 Å². The van der Waals surface area contributed by atoms with E-state index in [-0.39, 0.29) is 5.91 Å². The molecule has 0 bridgehead atoms. The number of hydrogen-bond donors (Lipinski definition) is 1. The summed E-state index contributed by atoms with van der Waals surface area (Å²) >= 11 is 7.73. The predicted octanol–water partition coefficient (Wildman–Crippen LogP) is 3.93. The molecule has 5 nitrogen and oxygen atoms in total. The van der Waals surface area contributed by atoms with Gasteiger partial charge in [-0.2, -0.15) is 11.8 Å². The Labute approximate surface area is 176 Å². The Balaban J connectivity index is 1.97. The number of nitrogens with one attached hydrogen (secondary N) is 1. The number of sulfonamides is 1. The van der Waals surface area contributed by atoms with Crippen LogP contribution in [0.1, 0.15) is 18.9 Å². The van der Waals surface area contributed by atoms with Crippen molar-refractivity contribution in [3.63, 3.8) is 0 Å². The molecule has 0 aromatic heterocycles. The minimum absolute atomic E-state index is 0.312. The summed E-state index contributed by atoms with van der Waals surface area (Å²) in [6.45, 7) is 2.26. The highest BCUT2D eigenvalue weighted by Gasteiger charge is 2.31. The molecule has 0 aliphatic carbocycles. The van der Waals surface area contributed by atoms with Crippen LogP contribution in [0.4, 0.5) is 5.69 Å². The van der Waals surface area contributed by atoms with Crippen molar-refractivity contribution in [2.75, 3.05) is 22.9 Å². The van der Waals surface area contributed by atoms with E-state index in [0.717, 1.165) is 22.1 Å². The lowest BCUT2D eigenvalue weighted by Crippen LogP contribution is -2.49. The van der Waals surface area contributed by atoms with Crippen molar-refractivity contribution in [2.45, 2.75) is 25.1 Å². The van der Waals surface area contributed by atoms with E-state index < -0.39 is 16.1 Å². The lowest BCUT2D eigenvalue weighted by atomic mass is 10.2. The van der Waals surface area contributed by atoms with Gasteiger partial charge in [0.25, 0.3) is 0 Å². The number of carbonyl (C=O) groups is 1. The Morgan fingerprint density at radius 3 is 2.50 bits per heavy atom. The minimum Gasteiger partial charge on any atom is -0.353 e. The second-order valence-corrected chi connectivity index (χ2v) is 9.69. The smallest absolute Gasteiger partial charge is 0.243 e. The number of thioether (sulfide) groups is 1. The van der Waals surface area contributed by atoms with Gasteiger partial charge in [0.1, 0.15) is 6.04 Å². The zero-order chi connectivity index (χ0) is 20.6. The number of benzene rings is 2. The molecule has 0 saturated carbocycles. The molecule has 2 aromatic carbocycles. The van der Waals surface area contributed by atoms with Gasteiger partial charge in [-0.05, 0) is 30.2 Å². The molecule has 1 amide bonds. The average molecular weight is 441 g/mol. The van der Waals surface area contributed by atoms with Gasteiger partial charge in [-0.3, -0.25) is 9.10 Å². The Morgan fingerprint density at radius 1 is 1.18 bits per heavy atom. The van der Waals surface area contributed by atoms with E-state index in [4.69, 9.17) is 11.6 Å². The van der Waals surface area contributed by atoms with Crippen LogP contribution >= 0.6 is 23.4 Å². The highest BCUT2D eigenvalue weighted by atomic mass is 35.5. The number of hydrogen-bond acceptors (Lipinski definition) is 4. The molecule has 0 fully saturated rings. The monoisotopic (exact) mass is 440 g/mol. The highest BCUT2D eigenvalue weighted by Crippen LogP contribution is 2.25. The van der Waals surface area contributed by atoms with Crippen LogP contribution in [-0.4, -0.2) is 38.9 Å². The van der Waals surface area contributed by atoms with E-state index in [2.05, 4.69) is 17.4 Å². The maximum atomic E-state index is 12.7. The fraction of sp³-hybridized carbons (Fsp3) is 0.350. The van der Waals surface area contributed by atoms with Gasteiger partial charge in [-0.1, -0.05) is 54.9 Å². The first-order chi connectivity index (χ1) is 13.3.